The molecule has 0 saturated heterocycles. The molecule has 9 heteroatoms. The van der Waals surface area contributed by atoms with Crippen LogP contribution in [0.15, 0.2) is 30.3 Å². The third-order valence-corrected chi connectivity index (χ3v) is 3.41. The second-order valence-electron chi connectivity index (χ2n) is 5.12. The Labute approximate surface area is 144 Å². The fourth-order valence-electron chi connectivity index (χ4n) is 2.18. The normalized spacial score (nSPS) is 12.6. The number of carbonyl (C=O) groups is 4. The number of nitrogens with two attached hydrogens (primary N) is 1. The highest BCUT2D eigenvalue weighted by Crippen LogP contribution is 2.14. The highest BCUT2D eigenvalue weighted by molar-refractivity contribution is 6.03. The lowest BCUT2D eigenvalue weighted by molar-refractivity contribution is -0.162. The summed E-state index contributed by atoms with van der Waals surface area (Å²) in [6.45, 7) is -0.748. The van der Waals surface area contributed by atoms with Crippen LogP contribution < -0.4 is 5.73 Å². The van der Waals surface area contributed by atoms with E-state index in [1.54, 1.807) is 30.3 Å². The number of amides is 1. The molecule has 1 aromatic rings. The molecular weight excluding hydrogens is 332 g/mol. The van der Waals surface area contributed by atoms with Crippen molar-refractivity contribution >= 4 is 23.8 Å². The minimum atomic E-state index is -1.71. The predicted octanol–water partition coefficient (Wildman–Crippen LogP) is -0.611. The van der Waals surface area contributed by atoms with Crippen LogP contribution in [0.2, 0.25) is 0 Å². The molecule has 0 unspecified atom stereocenters. The number of hydrogen-bond donors (Lipinski definition) is 2. The number of methoxy groups -OCH3 is 2. The SMILES string of the molecule is COC(=O)[C@@H](C(=O)N(CC(=O)O)Cc1ccccc1)[C@@H](N)C(=O)OC. The Hall–Kier alpha value is -2.94. The molecule has 0 saturated carbocycles. The van der Waals surface area contributed by atoms with Crippen molar-refractivity contribution in [1.82, 2.24) is 4.90 Å². The smallest absolute Gasteiger partial charge is 0.324 e. The van der Waals surface area contributed by atoms with Crippen LogP contribution in [-0.2, 0) is 35.2 Å². The summed E-state index contributed by atoms with van der Waals surface area (Å²) in [5, 5.41) is 9.05. The molecule has 0 aromatic heterocycles. The zero-order valence-electron chi connectivity index (χ0n) is 13.9. The Balaban J connectivity index is 3.14. The van der Waals surface area contributed by atoms with Gasteiger partial charge in [-0.15, -0.1) is 0 Å². The number of aliphatic carboxylic acids is 1. The van der Waals surface area contributed by atoms with Gasteiger partial charge in [-0.25, -0.2) is 0 Å². The van der Waals surface area contributed by atoms with Crippen molar-refractivity contribution in [3.63, 3.8) is 0 Å². The van der Waals surface area contributed by atoms with Gasteiger partial charge in [-0.3, -0.25) is 19.2 Å². The molecule has 0 spiro atoms. The van der Waals surface area contributed by atoms with Crippen LogP contribution in [0.5, 0.6) is 0 Å². The lowest BCUT2D eigenvalue weighted by Gasteiger charge is -2.27. The Morgan fingerprint density at radius 1 is 1.08 bits per heavy atom. The van der Waals surface area contributed by atoms with Gasteiger partial charge in [0.2, 0.25) is 5.91 Å². The number of carbonyl (C=O) groups excluding carboxylic acids is 3. The Bertz CT molecular complexity index is 633. The summed E-state index contributed by atoms with van der Waals surface area (Å²) in [6, 6.07) is 6.97. The molecule has 25 heavy (non-hydrogen) atoms. The molecule has 2 atom stereocenters. The lowest BCUT2D eigenvalue weighted by atomic mass is 9.98. The maximum atomic E-state index is 12.7. The van der Waals surface area contributed by atoms with Crippen LogP contribution in [0.4, 0.5) is 0 Å². The van der Waals surface area contributed by atoms with E-state index in [2.05, 4.69) is 9.47 Å². The van der Waals surface area contributed by atoms with Crippen molar-refractivity contribution in [3.05, 3.63) is 35.9 Å². The molecule has 1 rings (SSSR count). The summed E-state index contributed by atoms with van der Waals surface area (Å²) in [6.07, 6.45) is 0. The molecule has 0 aliphatic carbocycles. The first-order valence-corrected chi connectivity index (χ1v) is 7.27. The first-order valence-electron chi connectivity index (χ1n) is 7.27. The first-order chi connectivity index (χ1) is 11.8. The average Bonchev–Trinajstić information content (AvgIpc) is 2.60. The summed E-state index contributed by atoms with van der Waals surface area (Å²) < 4.78 is 8.99. The quantitative estimate of drug-likeness (QED) is 0.467. The molecule has 9 nitrogen and oxygen atoms in total. The molecule has 1 amide bonds. The van der Waals surface area contributed by atoms with E-state index in [1.807, 2.05) is 0 Å². The van der Waals surface area contributed by atoms with Gasteiger partial charge in [0.05, 0.1) is 14.2 Å². The van der Waals surface area contributed by atoms with Crippen LogP contribution in [0.25, 0.3) is 0 Å². The number of hydrogen-bond acceptors (Lipinski definition) is 7. The van der Waals surface area contributed by atoms with Gasteiger partial charge in [-0.1, -0.05) is 30.3 Å². The number of carboxylic acids is 1. The van der Waals surface area contributed by atoms with Crippen LogP contribution >= 0.6 is 0 Å². The summed E-state index contributed by atoms with van der Waals surface area (Å²) >= 11 is 0. The maximum absolute atomic E-state index is 12.7. The monoisotopic (exact) mass is 352 g/mol. The average molecular weight is 352 g/mol. The van der Waals surface area contributed by atoms with Crippen molar-refractivity contribution in [1.29, 1.82) is 0 Å². The zero-order valence-corrected chi connectivity index (χ0v) is 13.9. The number of rotatable bonds is 8. The van der Waals surface area contributed by atoms with E-state index in [-0.39, 0.29) is 6.54 Å². The van der Waals surface area contributed by atoms with Crippen LogP contribution in [0.1, 0.15) is 5.56 Å². The van der Waals surface area contributed by atoms with Crippen molar-refractivity contribution in [3.8, 4) is 0 Å². The van der Waals surface area contributed by atoms with Gasteiger partial charge in [0, 0.05) is 6.54 Å². The van der Waals surface area contributed by atoms with Gasteiger partial charge >= 0.3 is 17.9 Å². The fraction of sp³-hybridized carbons (Fsp3) is 0.375. The fourth-order valence-corrected chi connectivity index (χ4v) is 2.18. The topological polar surface area (TPSA) is 136 Å². The van der Waals surface area contributed by atoms with E-state index in [0.29, 0.717) is 5.56 Å². The van der Waals surface area contributed by atoms with E-state index in [4.69, 9.17) is 10.8 Å². The largest absolute Gasteiger partial charge is 0.480 e. The van der Waals surface area contributed by atoms with Crippen molar-refractivity contribution in [2.75, 3.05) is 20.8 Å². The summed E-state index contributed by atoms with van der Waals surface area (Å²) in [5.74, 6) is -5.96. The minimum Gasteiger partial charge on any atom is -0.480 e. The predicted molar refractivity (Wildman–Crippen MR) is 85.0 cm³/mol. The van der Waals surface area contributed by atoms with Crippen LogP contribution in [-0.4, -0.2) is 60.6 Å². The van der Waals surface area contributed by atoms with Crippen molar-refractivity contribution in [2.45, 2.75) is 12.6 Å². The third-order valence-electron chi connectivity index (χ3n) is 3.41. The molecule has 0 bridgehead atoms. The number of nitrogens with zero attached hydrogens (tertiary/aromatic N) is 1. The number of esters is 2. The van der Waals surface area contributed by atoms with E-state index >= 15 is 0 Å². The highest BCUT2D eigenvalue weighted by Gasteiger charge is 2.41. The first kappa shape index (κ1) is 20.1. The molecule has 0 aliphatic heterocycles. The number of benzene rings is 1. The third kappa shape index (κ3) is 5.57. The summed E-state index contributed by atoms with van der Waals surface area (Å²) in [7, 11) is 2.09. The molecule has 136 valence electrons. The second kappa shape index (κ2) is 9.38. The Morgan fingerprint density at radius 2 is 1.64 bits per heavy atom. The molecule has 3 N–H and O–H groups in total. The van der Waals surface area contributed by atoms with Crippen molar-refractivity contribution < 1.29 is 33.8 Å². The molecule has 0 aliphatic rings. The zero-order chi connectivity index (χ0) is 19.0. The maximum Gasteiger partial charge on any atom is 0.324 e. The summed E-state index contributed by atoms with van der Waals surface area (Å²) in [4.78, 5) is 48.3. The van der Waals surface area contributed by atoms with Gasteiger partial charge in [0.1, 0.15) is 12.6 Å². The molecule has 1 aromatic carbocycles. The van der Waals surface area contributed by atoms with E-state index in [9.17, 15) is 19.2 Å². The molecule has 0 radical (unpaired) electrons. The molecule has 0 fully saturated rings. The minimum absolute atomic E-state index is 0.0760. The van der Waals surface area contributed by atoms with Crippen LogP contribution in [0, 0.1) is 5.92 Å². The summed E-state index contributed by atoms with van der Waals surface area (Å²) in [5.41, 5.74) is 6.29. The standard InChI is InChI=1S/C16H20N2O7/c1-24-15(22)12(13(17)16(23)25-2)14(21)18(9-11(19)20)8-10-6-4-3-5-7-10/h3-7,12-13H,8-9,17H2,1-2H3,(H,19,20)/t12-,13-/m1/s1. The van der Waals surface area contributed by atoms with Gasteiger partial charge < -0.3 is 25.2 Å². The molecular formula is C16H20N2O7. The van der Waals surface area contributed by atoms with E-state index in [0.717, 1.165) is 19.1 Å². The van der Waals surface area contributed by atoms with E-state index < -0.39 is 42.3 Å². The van der Waals surface area contributed by atoms with E-state index in [1.165, 1.54) is 0 Å². The van der Waals surface area contributed by atoms with Gasteiger partial charge in [-0.05, 0) is 5.56 Å². The van der Waals surface area contributed by atoms with Crippen LogP contribution in [0.3, 0.4) is 0 Å². The van der Waals surface area contributed by atoms with Gasteiger partial charge in [0.15, 0.2) is 5.92 Å². The lowest BCUT2D eigenvalue weighted by Crippen LogP contribution is -2.52. The molecule has 0 heterocycles. The number of ether oxygens (including phenoxy) is 2. The van der Waals surface area contributed by atoms with Gasteiger partial charge in [0.25, 0.3) is 0 Å². The number of carboxylic acid groups (broad SMARTS) is 1. The second-order valence-corrected chi connectivity index (χ2v) is 5.12. The van der Waals surface area contributed by atoms with Gasteiger partial charge in [-0.2, -0.15) is 0 Å². The highest BCUT2D eigenvalue weighted by atomic mass is 16.5. The Kier molecular flexibility index (Phi) is 7.54. The van der Waals surface area contributed by atoms with Crippen molar-refractivity contribution in [2.24, 2.45) is 11.7 Å². The Morgan fingerprint density at radius 3 is 2.12 bits per heavy atom.